The van der Waals surface area contributed by atoms with Crippen LogP contribution >= 0.6 is 0 Å². The number of likely N-dealkylation sites (tertiary alicyclic amines) is 2. The van der Waals surface area contributed by atoms with Gasteiger partial charge >= 0.3 is 6.09 Å². The number of carbonyl (C=O) groups is 1. The van der Waals surface area contributed by atoms with E-state index in [4.69, 9.17) is 4.74 Å². The van der Waals surface area contributed by atoms with Gasteiger partial charge in [-0.2, -0.15) is 0 Å². The summed E-state index contributed by atoms with van der Waals surface area (Å²) in [6.07, 6.45) is 4.87. The summed E-state index contributed by atoms with van der Waals surface area (Å²) in [6, 6.07) is 1.19. The van der Waals surface area contributed by atoms with Gasteiger partial charge in [0.1, 0.15) is 5.60 Å². The maximum Gasteiger partial charge on any atom is 0.410 e. The molecule has 110 valence electrons. The minimum atomic E-state index is -0.395. The molecular weight excluding hydrogens is 240 g/mol. The Morgan fingerprint density at radius 2 is 1.89 bits per heavy atom. The van der Waals surface area contributed by atoms with E-state index >= 15 is 0 Å². The Morgan fingerprint density at radius 3 is 2.53 bits per heavy atom. The molecule has 2 heterocycles. The van der Waals surface area contributed by atoms with Crippen molar-refractivity contribution in [2.24, 2.45) is 0 Å². The summed E-state index contributed by atoms with van der Waals surface area (Å²) < 4.78 is 5.45. The van der Waals surface area contributed by atoms with Gasteiger partial charge in [0.2, 0.25) is 0 Å². The lowest BCUT2D eigenvalue weighted by Crippen LogP contribution is -2.46. The molecule has 2 aliphatic heterocycles. The van der Waals surface area contributed by atoms with E-state index in [9.17, 15) is 4.79 Å². The van der Waals surface area contributed by atoms with Crippen molar-refractivity contribution in [2.75, 3.05) is 19.6 Å². The number of rotatable bonds is 1. The molecule has 2 atom stereocenters. The SMILES string of the molecule is CC1CCCCN1[C@H]1CCN(C(=O)OC(C)(C)C)C1. The smallest absolute Gasteiger partial charge is 0.410 e. The van der Waals surface area contributed by atoms with Crippen molar-refractivity contribution in [3.05, 3.63) is 0 Å². The lowest BCUT2D eigenvalue weighted by molar-refractivity contribution is 0.0266. The minimum absolute atomic E-state index is 0.153. The Balaban J connectivity index is 1.87. The third kappa shape index (κ3) is 3.85. The monoisotopic (exact) mass is 268 g/mol. The Labute approximate surface area is 117 Å². The zero-order valence-corrected chi connectivity index (χ0v) is 12.8. The highest BCUT2D eigenvalue weighted by Crippen LogP contribution is 2.25. The number of hydrogen-bond donors (Lipinski definition) is 0. The molecular formula is C15H28N2O2. The van der Waals surface area contributed by atoms with E-state index in [2.05, 4.69) is 11.8 Å². The predicted octanol–water partition coefficient (Wildman–Crippen LogP) is 2.87. The Kier molecular flexibility index (Phi) is 4.39. The van der Waals surface area contributed by atoms with E-state index in [1.165, 1.54) is 25.8 Å². The van der Waals surface area contributed by atoms with Crippen LogP contribution in [0.1, 0.15) is 53.4 Å². The van der Waals surface area contributed by atoms with Crippen molar-refractivity contribution < 1.29 is 9.53 Å². The van der Waals surface area contributed by atoms with E-state index < -0.39 is 5.60 Å². The van der Waals surface area contributed by atoms with E-state index in [0.717, 1.165) is 19.5 Å². The Bertz CT molecular complexity index is 325. The molecule has 0 radical (unpaired) electrons. The molecule has 0 aliphatic carbocycles. The molecule has 0 saturated carbocycles. The molecule has 0 bridgehead atoms. The molecule has 2 rings (SSSR count). The number of amides is 1. The molecule has 1 amide bonds. The lowest BCUT2D eigenvalue weighted by atomic mass is 10.0. The summed E-state index contributed by atoms with van der Waals surface area (Å²) in [6.45, 7) is 10.9. The zero-order valence-electron chi connectivity index (χ0n) is 12.8. The van der Waals surface area contributed by atoms with Gasteiger partial charge in [0.25, 0.3) is 0 Å². The second kappa shape index (κ2) is 5.70. The molecule has 0 aromatic rings. The van der Waals surface area contributed by atoms with Crippen molar-refractivity contribution in [3.63, 3.8) is 0 Å². The van der Waals surface area contributed by atoms with Crippen molar-refractivity contribution >= 4 is 6.09 Å². The highest BCUT2D eigenvalue weighted by atomic mass is 16.6. The van der Waals surface area contributed by atoms with Crippen molar-refractivity contribution in [1.29, 1.82) is 0 Å². The second-order valence-corrected chi connectivity index (χ2v) is 6.95. The fraction of sp³-hybridized carbons (Fsp3) is 0.933. The van der Waals surface area contributed by atoms with Gasteiger partial charge in [-0.3, -0.25) is 4.90 Å². The first-order valence-corrected chi connectivity index (χ1v) is 7.60. The largest absolute Gasteiger partial charge is 0.444 e. The summed E-state index contributed by atoms with van der Waals surface area (Å²) in [4.78, 5) is 16.5. The summed E-state index contributed by atoms with van der Waals surface area (Å²) in [5.41, 5.74) is -0.395. The molecule has 19 heavy (non-hydrogen) atoms. The van der Waals surface area contributed by atoms with Gasteiger partial charge in [0.15, 0.2) is 0 Å². The number of carbonyl (C=O) groups excluding carboxylic acids is 1. The van der Waals surface area contributed by atoms with Gasteiger partial charge in [-0.15, -0.1) is 0 Å². The molecule has 0 aromatic carbocycles. The maximum absolute atomic E-state index is 12.1. The summed E-state index contributed by atoms with van der Waals surface area (Å²) in [5, 5.41) is 0. The van der Waals surface area contributed by atoms with Crippen LogP contribution in [0.15, 0.2) is 0 Å². The van der Waals surface area contributed by atoms with Crippen LogP contribution < -0.4 is 0 Å². The molecule has 2 saturated heterocycles. The van der Waals surface area contributed by atoms with Crippen molar-refractivity contribution in [3.8, 4) is 0 Å². The molecule has 1 unspecified atom stereocenters. The van der Waals surface area contributed by atoms with E-state index in [1.807, 2.05) is 25.7 Å². The first-order valence-electron chi connectivity index (χ1n) is 7.60. The van der Waals surface area contributed by atoms with Gasteiger partial charge in [0.05, 0.1) is 0 Å². The normalized spacial score (nSPS) is 29.6. The maximum atomic E-state index is 12.1. The summed E-state index contributed by atoms with van der Waals surface area (Å²) >= 11 is 0. The van der Waals surface area contributed by atoms with Crippen LogP contribution in [-0.4, -0.2) is 53.2 Å². The third-order valence-corrected chi connectivity index (χ3v) is 4.14. The van der Waals surface area contributed by atoms with Crippen LogP contribution in [-0.2, 0) is 4.74 Å². The average Bonchev–Trinajstić information content (AvgIpc) is 2.76. The van der Waals surface area contributed by atoms with Crippen LogP contribution in [0, 0.1) is 0 Å². The molecule has 2 aliphatic rings. The predicted molar refractivity (Wildman–Crippen MR) is 76.2 cm³/mol. The highest BCUT2D eigenvalue weighted by molar-refractivity contribution is 5.68. The quantitative estimate of drug-likeness (QED) is 0.733. The standard InChI is InChI=1S/C15H28N2O2/c1-12-7-5-6-9-17(12)13-8-10-16(11-13)14(18)19-15(2,3)4/h12-13H,5-11H2,1-4H3/t12?,13-/m0/s1. The topological polar surface area (TPSA) is 32.8 Å². The number of piperidine rings is 1. The molecule has 0 N–H and O–H groups in total. The molecule has 2 fully saturated rings. The zero-order chi connectivity index (χ0) is 14.0. The third-order valence-electron chi connectivity index (χ3n) is 4.14. The fourth-order valence-electron chi connectivity index (χ4n) is 3.17. The first-order chi connectivity index (χ1) is 8.87. The van der Waals surface area contributed by atoms with Gasteiger partial charge in [-0.05, 0) is 53.5 Å². The van der Waals surface area contributed by atoms with Crippen LogP contribution in [0.3, 0.4) is 0 Å². The summed E-state index contributed by atoms with van der Waals surface area (Å²) in [5.74, 6) is 0. The Morgan fingerprint density at radius 1 is 1.16 bits per heavy atom. The Hall–Kier alpha value is -0.770. The van der Waals surface area contributed by atoms with E-state index in [0.29, 0.717) is 12.1 Å². The van der Waals surface area contributed by atoms with Crippen LogP contribution in [0.2, 0.25) is 0 Å². The van der Waals surface area contributed by atoms with Crippen molar-refractivity contribution in [2.45, 2.75) is 71.1 Å². The molecule has 4 nitrogen and oxygen atoms in total. The molecule has 0 aromatic heterocycles. The van der Waals surface area contributed by atoms with Gasteiger partial charge in [0, 0.05) is 25.2 Å². The van der Waals surface area contributed by atoms with Crippen LogP contribution in [0.4, 0.5) is 4.79 Å². The van der Waals surface area contributed by atoms with Gasteiger partial charge < -0.3 is 9.64 Å². The van der Waals surface area contributed by atoms with Crippen LogP contribution in [0.5, 0.6) is 0 Å². The van der Waals surface area contributed by atoms with Gasteiger partial charge in [-0.25, -0.2) is 4.79 Å². The van der Waals surface area contributed by atoms with E-state index in [-0.39, 0.29) is 6.09 Å². The number of hydrogen-bond acceptors (Lipinski definition) is 3. The number of ether oxygens (including phenoxy) is 1. The fourth-order valence-corrected chi connectivity index (χ4v) is 3.17. The number of nitrogens with zero attached hydrogens (tertiary/aromatic N) is 2. The molecule has 0 spiro atoms. The lowest BCUT2D eigenvalue weighted by Gasteiger charge is -2.38. The minimum Gasteiger partial charge on any atom is -0.444 e. The average molecular weight is 268 g/mol. The second-order valence-electron chi connectivity index (χ2n) is 6.95. The molecule has 4 heteroatoms. The van der Waals surface area contributed by atoms with E-state index in [1.54, 1.807) is 0 Å². The van der Waals surface area contributed by atoms with Crippen LogP contribution in [0.25, 0.3) is 0 Å². The summed E-state index contributed by atoms with van der Waals surface area (Å²) in [7, 11) is 0. The highest BCUT2D eigenvalue weighted by Gasteiger charge is 2.35. The van der Waals surface area contributed by atoms with Crippen molar-refractivity contribution in [1.82, 2.24) is 9.80 Å². The van der Waals surface area contributed by atoms with Gasteiger partial charge in [-0.1, -0.05) is 6.42 Å². The first kappa shape index (κ1) is 14.6.